The van der Waals surface area contributed by atoms with Gasteiger partial charge in [0.2, 0.25) is 5.91 Å². The summed E-state index contributed by atoms with van der Waals surface area (Å²) in [5, 5.41) is 6.00. The standard InChI is InChI=1S/C19H22N2O2/c1-2-13-23-18-10-6-9-17(14-18)21-15-19(22)20-12-11-16-7-4-3-5-8-16/h2-10,14,21H,1,11-13,15H2,(H,20,22). The van der Waals surface area contributed by atoms with E-state index in [2.05, 4.69) is 29.3 Å². The monoisotopic (exact) mass is 310 g/mol. The summed E-state index contributed by atoms with van der Waals surface area (Å²) in [6.45, 7) is 4.94. The Bertz CT molecular complexity index is 626. The topological polar surface area (TPSA) is 50.4 Å². The highest BCUT2D eigenvalue weighted by atomic mass is 16.5. The van der Waals surface area contributed by atoms with Crippen molar-refractivity contribution in [3.05, 3.63) is 72.8 Å². The molecule has 2 aromatic carbocycles. The number of anilines is 1. The van der Waals surface area contributed by atoms with Crippen molar-refractivity contribution in [1.29, 1.82) is 0 Å². The fourth-order valence-corrected chi connectivity index (χ4v) is 2.09. The van der Waals surface area contributed by atoms with E-state index in [4.69, 9.17) is 4.74 Å². The van der Waals surface area contributed by atoms with Crippen LogP contribution in [0.25, 0.3) is 0 Å². The van der Waals surface area contributed by atoms with Crippen molar-refractivity contribution in [3.8, 4) is 5.75 Å². The molecule has 2 aromatic rings. The first-order valence-electron chi connectivity index (χ1n) is 7.66. The summed E-state index contributed by atoms with van der Waals surface area (Å²) in [6.07, 6.45) is 2.53. The van der Waals surface area contributed by atoms with E-state index in [1.807, 2.05) is 42.5 Å². The Hall–Kier alpha value is -2.75. The van der Waals surface area contributed by atoms with Crippen molar-refractivity contribution in [2.75, 3.05) is 25.0 Å². The highest BCUT2D eigenvalue weighted by Gasteiger charge is 2.02. The van der Waals surface area contributed by atoms with Gasteiger partial charge in [-0.15, -0.1) is 0 Å². The lowest BCUT2D eigenvalue weighted by molar-refractivity contribution is -0.119. The summed E-state index contributed by atoms with van der Waals surface area (Å²) in [5.41, 5.74) is 2.07. The van der Waals surface area contributed by atoms with Gasteiger partial charge >= 0.3 is 0 Å². The van der Waals surface area contributed by atoms with Crippen LogP contribution in [0.2, 0.25) is 0 Å². The second kappa shape index (κ2) is 9.30. The number of hydrogen-bond donors (Lipinski definition) is 2. The number of nitrogens with one attached hydrogen (secondary N) is 2. The smallest absolute Gasteiger partial charge is 0.239 e. The first-order valence-corrected chi connectivity index (χ1v) is 7.66. The van der Waals surface area contributed by atoms with Crippen LogP contribution >= 0.6 is 0 Å². The van der Waals surface area contributed by atoms with Gasteiger partial charge in [-0.25, -0.2) is 0 Å². The molecule has 2 rings (SSSR count). The molecule has 0 atom stereocenters. The zero-order valence-corrected chi connectivity index (χ0v) is 13.1. The molecule has 0 unspecified atom stereocenters. The number of hydrogen-bond acceptors (Lipinski definition) is 3. The number of rotatable bonds is 9. The first-order chi connectivity index (χ1) is 11.3. The Morgan fingerprint density at radius 1 is 1.13 bits per heavy atom. The minimum absolute atomic E-state index is 0.0293. The Morgan fingerprint density at radius 2 is 1.96 bits per heavy atom. The van der Waals surface area contributed by atoms with Gasteiger partial charge in [-0.3, -0.25) is 4.79 Å². The molecule has 120 valence electrons. The van der Waals surface area contributed by atoms with E-state index in [9.17, 15) is 4.79 Å². The molecule has 1 amide bonds. The first kappa shape index (κ1) is 16.6. The zero-order valence-electron chi connectivity index (χ0n) is 13.1. The molecule has 0 aromatic heterocycles. The van der Waals surface area contributed by atoms with Crippen LogP contribution in [0.15, 0.2) is 67.3 Å². The van der Waals surface area contributed by atoms with Gasteiger partial charge in [0.05, 0.1) is 6.54 Å². The van der Waals surface area contributed by atoms with Gasteiger partial charge in [0.25, 0.3) is 0 Å². The molecule has 0 aliphatic carbocycles. The quantitative estimate of drug-likeness (QED) is 0.700. The molecule has 0 bridgehead atoms. The molecule has 0 aliphatic heterocycles. The third kappa shape index (κ3) is 6.26. The predicted octanol–water partition coefficient (Wildman–Crippen LogP) is 3.02. The summed E-state index contributed by atoms with van der Waals surface area (Å²) in [5.74, 6) is 0.720. The van der Waals surface area contributed by atoms with Gasteiger partial charge in [0, 0.05) is 18.3 Å². The van der Waals surface area contributed by atoms with Gasteiger partial charge < -0.3 is 15.4 Å². The normalized spacial score (nSPS) is 9.91. The molecule has 0 spiro atoms. The summed E-state index contributed by atoms with van der Waals surface area (Å²) < 4.78 is 5.46. The molecule has 23 heavy (non-hydrogen) atoms. The van der Waals surface area contributed by atoms with Gasteiger partial charge in [0.1, 0.15) is 12.4 Å². The number of amides is 1. The Labute approximate surface area is 137 Å². The maximum atomic E-state index is 11.8. The third-order valence-corrected chi connectivity index (χ3v) is 3.23. The lowest BCUT2D eigenvalue weighted by atomic mass is 10.1. The van der Waals surface area contributed by atoms with Crippen molar-refractivity contribution in [3.63, 3.8) is 0 Å². The van der Waals surface area contributed by atoms with Crippen LogP contribution < -0.4 is 15.4 Å². The van der Waals surface area contributed by atoms with Crippen LogP contribution in [0.3, 0.4) is 0 Å². The summed E-state index contributed by atoms with van der Waals surface area (Å²) in [4.78, 5) is 11.8. The zero-order chi connectivity index (χ0) is 16.3. The summed E-state index contributed by atoms with van der Waals surface area (Å²) in [7, 11) is 0. The minimum Gasteiger partial charge on any atom is -0.489 e. The van der Waals surface area contributed by atoms with Gasteiger partial charge in [-0.05, 0) is 24.1 Å². The summed E-state index contributed by atoms with van der Waals surface area (Å²) >= 11 is 0. The molecular formula is C19H22N2O2. The Kier molecular flexibility index (Phi) is 6.72. The van der Waals surface area contributed by atoms with Gasteiger partial charge in [-0.2, -0.15) is 0 Å². The molecule has 0 saturated carbocycles. The average Bonchev–Trinajstić information content (AvgIpc) is 2.59. The molecule has 0 aliphatic rings. The van der Waals surface area contributed by atoms with Gasteiger partial charge in [-0.1, -0.05) is 49.1 Å². The molecular weight excluding hydrogens is 288 g/mol. The van der Waals surface area contributed by atoms with Crippen molar-refractivity contribution < 1.29 is 9.53 Å². The molecule has 2 N–H and O–H groups in total. The number of benzene rings is 2. The van der Waals surface area contributed by atoms with Crippen molar-refractivity contribution in [1.82, 2.24) is 5.32 Å². The second-order valence-corrected chi connectivity index (χ2v) is 5.07. The van der Waals surface area contributed by atoms with E-state index in [1.54, 1.807) is 6.08 Å². The van der Waals surface area contributed by atoms with E-state index in [1.165, 1.54) is 5.56 Å². The van der Waals surface area contributed by atoms with E-state index in [-0.39, 0.29) is 12.5 Å². The van der Waals surface area contributed by atoms with Crippen LogP contribution in [-0.2, 0) is 11.2 Å². The third-order valence-electron chi connectivity index (χ3n) is 3.23. The van der Waals surface area contributed by atoms with Crippen LogP contribution in [0.5, 0.6) is 5.75 Å². The lowest BCUT2D eigenvalue weighted by Crippen LogP contribution is -2.31. The van der Waals surface area contributed by atoms with Crippen LogP contribution in [0.4, 0.5) is 5.69 Å². The highest BCUT2D eigenvalue weighted by molar-refractivity contribution is 5.80. The Balaban J connectivity index is 1.70. The molecule has 0 radical (unpaired) electrons. The van der Waals surface area contributed by atoms with Crippen LogP contribution in [0.1, 0.15) is 5.56 Å². The lowest BCUT2D eigenvalue weighted by Gasteiger charge is -2.09. The summed E-state index contributed by atoms with van der Waals surface area (Å²) in [6, 6.07) is 17.6. The van der Waals surface area contributed by atoms with Gasteiger partial charge in [0.15, 0.2) is 0 Å². The van der Waals surface area contributed by atoms with E-state index in [0.29, 0.717) is 13.2 Å². The molecule has 0 saturated heterocycles. The highest BCUT2D eigenvalue weighted by Crippen LogP contribution is 2.16. The Morgan fingerprint density at radius 3 is 2.74 bits per heavy atom. The van der Waals surface area contributed by atoms with Crippen molar-refractivity contribution in [2.45, 2.75) is 6.42 Å². The molecule has 0 heterocycles. The van der Waals surface area contributed by atoms with Crippen molar-refractivity contribution >= 4 is 11.6 Å². The van der Waals surface area contributed by atoms with Crippen LogP contribution in [0, 0.1) is 0 Å². The minimum atomic E-state index is -0.0293. The van der Waals surface area contributed by atoms with E-state index in [0.717, 1.165) is 17.9 Å². The number of ether oxygens (including phenoxy) is 1. The second-order valence-electron chi connectivity index (χ2n) is 5.07. The molecule has 0 fully saturated rings. The van der Waals surface area contributed by atoms with Crippen molar-refractivity contribution in [2.24, 2.45) is 0 Å². The largest absolute Gasteiger partial charge is 0.489 e. The number of carbonyl (C=O) groups excluding carboxylic acids is 1. The van der Waals surface area contributed by atoms with Crippen LogP contribution in [-0.4, -0.2) is 25.6 Å². The maximum Gasteiger partial charge on any atom is 0.239 e. The average molecular weight is 310 g/mol. The number of carbonyl (C=O) groups is 1. The maximum absolute atomic E-state index is 11.8. The fourth-order valence-electron chi connectivity index (χ4n) is 2.09. The fraction of sp³-hybridized carbons (Fsp3) is 0.211. The molecule has 4 heteroatoms. The van der Waals surface area contributed by atoms with E-state index >= 15 is 0 Å². The SMILES string of the molecule is C=CCOc1cccc(NCC(=O)NCCc2ccccc2)c1. The molecule has 4 nitrogen and oxygen atoms in total. The van der Waals surface area contributed by atoms with E-state index < -0.39 is 0 Å². The predicted molar refractivity (Wildman–Crippen MR) is 93.8 cm³/mol.